The Bertz CT molecular complexity index is 1160. The Morgan fingerprint density at radius 1 is 1.00 bits per heavy atom. The number of nitrogens with zero attached hydrogens (tertiary/aromatic N) is 3. The van der Waals surface area contributed by atoms with Gasteiger partial charge in [0, 0.05) is 56.0 Å². The molecule has 0 atom stereocenters. The van der Waals surface area contributed by atoms with Crippen LogP contribution in [0.5, 0.6) is 11.5 Å². The van der Waals surface area contributed by atoms with Crippen molar-refractivity contribution in [3.05, 3.63) is 54.7 Å². The van der Waals surface area contributed by atoms with Crippen LogP contribution in [0.2, 0.25) is 0 Å². The van der Waals surface area contributed by atoms with Crippen molar-refractivity contribution in [3.8, 4) is 22.6 Å². The topological polar surface area (TPSA) is 54.9 Å². The first kappa shape index (κ1) is 27.2. The molecule has 0 unspecified atom stereocenters. The van der Waals surface area contributed by atoms with E-state index in [1.54, 1.807) is 0 Å². The molecule has 3 heterocycles. The molecule has 2 aromatic carbocycles. The van der Waals surface area contributed by atoms with Crippen molar-refractivity contribution in [2.24, 2.45) is 0 Å². The molecule has 0 spiro atoms. The second kappa shape index (κ2) is 13.1. The Balaban J connectivity index is 0.00000320. The summed E-state index contributed by atoms with van der Waals surface area (Å²) in [5.74, 6) is 1.96. The summed E-state index contributed by atoms with van der Waals surface area (Å²) in [6, 6.07) is 16.6. The summed E-state index contributed by atoms with van der Waals surface area (Å²) in [6.45, 7) is 7.67. The molecule has 7 heteroatoms. The lowest BCUT2D eigenvalue weighted by atomic mass is 10.0. The van der Waals surface area contributed by atoms with Gasteiger partial charge in [-0.1, -0.05) is 31.2 Å². The van der Waals surface area contributed by atoms with Crippen molar-refractivity contribution < 1.29 is 14.3 Å². The summed E-state index contributed by atoms with van der Waals surface area (Å²) in [4.78, 5) is 21.1. The fourth-order valence-electron chi connectivity index (χ4n) is 5.31. The number of aromatic nitrogens is 1. The molecule has 0 saturated carbocycles. The average molecular weight is 524 g/mol. The van der Waals surface area contributed by atoms with Crippen molar-refractivity contribution in [3.63, 3.8) is 0 Å². The minimum absolute atomic E-state index is 0. The predicted molar refractivity (Wildman–Crippen MR) is 151 cm³/mol. The monoisotopic (exact) mass is 523 g/mol. The first-order valence-corrected chi connectivity index (χ1v) is 13.5. The van der Waals surface area contributed by atoms with Crippen LogP contribution in [-0.2, 0) is 4.79 Å². The Hall–Kier alpha value is -2.83. The third kappa shape index (κ3) is 6.74. The van der Waals surface area contributed by atoms with Crippen LogP contribution in [-0.4, -0.2) is 66.1 Å². The zero-order valence-electron chi connectivity index (χ0n) is 21.7. The highest BCUT2D eigenvalue weighted by atomic mass is 35.5. The molecular formula is C30H38ClN3O3. The lowest BCUT2D eigenvalue weighted by Gasteiger charge is -2.32. The average Bonchev–Trinajstić information content (AvgIpc) is 3.45. The number of ether oxygens (including phenoxy) is 2. The van der Waals surface area contributed by atoms with E-state index in [-0.39, 0.29) is 24.4 Å². The Morgan fingerprint density at radius 3 is 2.49 bits per heavy atom. The number of carbonyl (C=O) groups excluding carboxylic acids is 1. The molecule has 0 N–H and O–H groups in total. The number of rotatable bonds is 9. The van der Waals surface area contributed by atoms with Crippen molar-refractivity contribution in [2.75, 3.05) is 39.3 Å². The molecule has 37 heavy (non-hydrogen) atoms. The quantitative estimate of drug-likeness (QED) is 0.323. The second-order valence-corrected chi connectivity index (χ2v) is 9.84. The summed E-state index contributed by atoms with van der Waals surface area (Å²) >= 11 is 0. The van der Waals surface area contributed by atoms with Gasteiger partial charge in [0.25, 0.3) is 0 Å². The van der Waals surface area contributed by atoms with Gasteiger partial charge in [0.15, 0.2) is 5.75 Å². The molecule has 1 amide bonds. The summed E-state index contributed by atoms with van der Waals surface area (Å²) in [6.07, 6.45) is 7.94. The summed E-state index contributed by atoms with van der Waals surface area (Å²) in [7, 11) is 0. The largest absolute Gasteiger partial charge is 0.491 e. The van der Waals surface area contributed by atoms with Crippen LogP contribution in [0.15, 0.2) is 54.7 Å². The van der Waals surface area contributed by atoms with Crippen LogP contribution < -0.4 is 9.47 Å². The number of carbonyl (C=O) groups is 1. The third-order valence-corrected chi connectivity index (χ3v) is 7.36. The molecule has 0 aliphatic carbocycles. The summed E-state index contributed by atoms with van der Waals surface area (Å²) in [5, 5.41) is 1.09. The van der Waals surface area contributed by atoms with Gasteiger partial charge in [0.05, 0.1) is 6.61 Å². The van der Waals surface area contributed by atoms with Crippen molar-refractivity contribution >= 4 is 29.2 Å². The highest BCUT2D eigenvalue weighted by Gasteiger charge is 2.23. The number of likely N-dealkylation sites (tertiary alicyclic amines) is 2. The lowest BCUT2D eigenvalue weighted by molar-refractivity contribution is -0.132. The van der Waals surface area contributed by atoms with E-state index < -0.39 is 0 Å². The summed E-state index contributed by atoms with van der Waals surface area (Å²) < 4.78 is 12.7. The van der Waals surface area contributed by atoms with E-state index in [1.165, 1.54) is 25.9 Å². The molecule has 0 bridgehead atoms. The van der Waals surface area contributed by atoms with E-state index in [2.05, 4.69) is 40.2 Å². The van der Waals surface area contributed by atoms with E-state index >= 15 is 0 Å². The molecule has 198 valence electrons. The minimum Gasteiger partial charge on any atom is -0.491 e. The van der Waals surface area contributed by atoms with Crippen LogP contribution >= 0.6 is 12.4 Å². The molecule has 0 radical (unpaired) electrons. The number of piperidine rings is 1. The number of halogens is 1. The second-order valence-electron chi connectivity index (χ2n) is 9.84. The Morgan fingerprint density at radius 2 is 1.76 bits per heavy atom. The van der Waals surface area contributed by atoms with Crippen LogP contribution in [0.25, 0.3) is 22.0 Å². The van der Waals surface area contributed by atoms with Gasteiger partial charge in [-0.15, -0.1) is 12.4 Å². The molecule has 2 aliphatic rings. The van der Waals surface area contributed by atoms with E-state index in [1.807, 2.05) is 36.2 Å². The first-order chi connectivity index (χ1) is 17.7. The van der Waals surface area contributed by atoms with Crippen molar-refractivity contribution in [1.29, 1.82) is 0 Å². The minimum atomic E-state index is 0. The molecular weight excluding hydrogens is 486 g/mol. The number of fused-ring (bicyclic) bond motifs is 1. The molecule has 3 aromatic rings. The van der Waals surface area contributed by atoms with Crippen LogP contribution in [0.3, 0.4) is 0 Å². The van der Waals surface area contributed by atoms with E-state index in [9.17, 15) is 4.79 Å². The van der Waals surface area contributed by atoms with Crippen molar-refractivity contribution in [2.45, 2.75) is 51.6 Å². The molecule has 2 aliphatic heterocycles. The predicted octanol–water partition coefficient (Wildman–Crippen LogP) is 5.97. The maximum absolute atomic E-state index is 11.9. The van der Waals surface area contributed by atoms with E-state index in [4.69, 9.17) is 9.47 Å². The normalized spacial score (nSPS) is 16.5. The lowest BCUT2D eigenvalue weighted by Crippen LogP contribution is -2.41. The highest BCUT2D eigenvalue weighted by Crippen LogP contribution is 2.37. The molecule has 6 nitrogen and oxygen atoms in total. The third-order valence-electron chi connectivity index (χ3n) is 7.36. The molecule has 5 rings (SSSR count). The van der Waals surface area contributed by atoms with Gasteiger partial charge >= 0.3 is 0 Å². The molecule has 2 fully saturated rings. The van der Waals surface area contributed by atoms with Gasteiger partial charge < -0.3 is 19.3 Å². The molecule has 2 saturated heterocycles. The van der Waals surface area contributed by atoms with Crippen LogP contribution in [0.4, 0.5) is 0 Å². The van der Waals surface area contributed by atoms with Crippen LogP contribution in [0, 0.1) is 0 Å². The van der Waals surface area contributed by atoms with Crippen LogP contribution in [0.1, 0.15) is 45.4 Å². The highest BCUT2D eigenvalue weighted by molar-refractivity contribution is 5.92. The number of hydrogen-bond acceptors (Lipinski definition) is 5. The van der Waals surface area contributed by atoms with Gasteiger partial charge in [-0.3, -0.25) is 9.78 Å². The first-order valence-electron chi connectivity index (χ1n) is 13.5. The number of benzene rings is 2. The number of amides is 1. The van der Waals surface area contributed by atoms with E-state index in [0.29, 0.717) is 13.0 Å². The van der Waals surface area contributed by atoms with Gasteiger partial charge in [0.2, 0.25) is 5.91 Å². The van der Waals surface area contributed by atoms with Gasteiger partial charge in [-0.05, 0) is 62.2 Å². The maximum atomic E-state index is 11.9. The fourth-order valence-corrected chi connectivity index (χ4v) is 5.31. The fraction of sp³-hybridized carbons (Fsp3) is 0.467. The number of pyridine rings is 1. The number of hydrogen-bond donors (Lipinski definition) is 0. The Labute approximate surface area is 226 Å². The van der Waals surface area contributed by atoms with Gasteiger partial charge in [-0.2, -0.15) is 0 Å². The maximum Gasteiger partial charge on any atom is 0.222 e. The molecule has 1 aromatic heterocycles. The van der Waals surface area contributed by atoms with Gasteiger partial charge in [0.1, 0.15) is 17.4 Å². The van der Waals surface area contributed by atoms with Crippen molar-refractivity contribution in [1.82, 2.24) is 14.8 Å². The SMILES string of the molecule is CCC(=O)N1CCC(Oc2ccc(-c3ccc4cccnc4c3OCCCN3CCCC3)cc2)CC1.Cl. The van der Waals surface area contributed by atoms with Gasteiger partial charge in [-0.25, -0.2) is 0 Å². The Kier molecular flexibility index (Phi) is 9.64. The van der Waals surface area contributed by atoms with E-state index in [0.717, 1.165) is 72.4 Å². The standard InChI is InChI=1S/C30H37N3O3.ClH/c1-2-28(34)33-20-14-26(15-21-33)36-25-11-8-23(9-12-25)27-13-10-24-7-5-16-31-29(24)30(27)35-22-6-19-32-17-3-4-18-32;/h5,7-13,16,26H,2-4,6,14-15,17-22H2,1H3;1H. The zero-order chi connectivity index (χ0) is 24.7. The zero-order valence-corrected chi connectivity index (χ0v) is 22.5. The smallest absolute Gasteiger partial charge is 0.222 e. The summed E-state index contributed by atoms with van der Waals surface area (Å²) in [5.41, 5.74) is 3.05.